The maximum Gasteiger partial charge on any atom is 0.573 e. The van der Waals surface area contributed by atoms with E-state index in [4.69, 9.17) is 4.74 Å². The summed E-state index contributed by atoms with van der Waals surface area (Å²) in [6.07, 6.45) is -2.60. The highest BCUT2D eigenvalue weighted by Gasteiger charge is 2.31. The van der Waals surface area contributed by atoms with Crippen molar-refractivity contribution in [2.45, 2.75) is 19.7 Å². The quantitative estimate of drug-likeness (QED) is 0.693. The molecule has 0 spiro atoms. The van der Waals surface area contributed by atoms with E-state index < -0.39 is 12.3 Å². The van der Waals surface area contributed by atoms with Crippen molar-refractivity contribution in [2.75, 3.05) is 43.0 Å². The molecular formula is C21H23F3N4O4. The number of nitrogens with one attached hydrogen (secondary N) is 1. The first-order chi connectivity index (χ1) is 15.2. The van der Waals surface area contributed by atoms with E-state index in [1.807, 2.05) is 4.90 Å². The fourth-order valence-corrected chi connectivity index (χ4v) is 3.20. The van der Waals surface area contributed by atoms with Crippen LogP contribution in [0.1, 0.15) is 23.7 Å². The first-order valence-corrected chi connectivity index (χ1v) is 10.0. The minimum Gasteiger partial charge on any atom is -0.462 e. The van der Waals surface area contributed by atoms with E-state index in [-0.39, 0.29) is 18.4 Å². The lowest BCUT2D eigenvalue weighted by molar-refractivity contribution is -0.274. The standard InChI is InChI=1S/C21H23F3N4O4/c1-2-31-19(29)15-4-9-18(25-14-15)27-10-3-11-28(13-12-27)20(30)26-16-5-7-17(8-6-16)32-21(22,23)24/h4-9,14H,2-3,10-13H2,1H3,(H,26,30). The minimum absolute atomic E-state index is 0.288. The van der Waals surface area contributed by atoms with E-state index in [9.17, 15) is 22.8 Å². The monoisotopic (exact) mass is 452 g/mol. The van der Waals surface area contributed by atoms with Crippen LogP contribution in [-0.2, 0) is 4.74 Å². The number of carbonyl (C=O) groups excluding carboxylic acids is 2. The van der Waals surface area contributed by atoms with Crippen molar-refractivity contribution in [1.29, 1.82) is 0 Å². The van der Waals surface area contributed by atoms with Gasteiger partial charge in [-0.25, -0.2) is 14.6 Å². The van der Waals surface area contributed by atoms with Gasteiger partial charge in [-0.1, -0.05) is 0 Å². The van der Waals surface area contributed by atoms with Crippen LogP contribution in [-0.4, -0.2) is 61.0 Å². The number of hydrogen-bond donors (Lipinski definition) is 1. The summed E-state index contributed by atoms with van der Waals surface area (Å²) in [5.74, 6) is -0.0915. The van der Waals surface area contributed by atoms with Crippen LogP contribution in [0.3, 0.4) is 0 Å². The molecule has 2 amide bonds. The molecule has 2 aromatic rings. The minimum atomic E-state index is -4.77. The fourth-order valence-electron chi connectivity index (χ4n) is 3.20. The predicted octanol–water partition coefficient (Wildman–Crippen LogP) is 3.90. The summed E-state index contributed by atoms with van der Waals surface area (Å²) in [6.45, 7) is 4.18. The van der Waals surface area contributed by atoms with Crippen molar-refractivity contribution in [1.82, 2.24) is 9.88 Å². The topological polar surface area (TPSA) is 84.0 Å². The Morgan fingerprint density at radius 1 is 1.06 bits per heavy atom. The van der Waals surface area contributed by atoms with E-state index in [0.29, 0.717) is 49.7 Å². The first kappa shape index (κ1) is 23.2. The number of carbonyl (C=O) groups is 2. The van der Waals surface area contributed by atoms with Crippen molar-refractivity contribution < 1.29 is 32.2 Å². The smallest absolute Gasteiger partial charge is 0.462 e. The molecule has 1 aliphatic heterocycles. The van der Waals surface area contributed by atoms with Gasteiger partial charge in [0.25, 0.3) is 0 Å². The number of rotatable bonds is 5. The molecule has 1 N–H and O–H groups in total. The lowest BCUT2D eigenvalue weighted by Gasteiger charge is -2.23. The maximum atomic E-state index is 12.6. The number of esters is 1. The van der Waals surface area contributed by atoms with Gasteiger partial charge in [-0.15, -0.1) is 13.2 Å². The molecular weight excluding hydrogens is 429 g/mol. The molecule has 1 aromatic heterocycles. The van der Waals surface area contributed by atoms with Crippen molar-refractivity contribution >= 4 is 23.5 Å². The number of anilines is 2. The van der Waals surface area contributed by atoms with Crippen LogP contribution in [0.15, 0.2) is 42.6 Å². The first-order valence-electron chi connectivity index (χ1n) is 10.0. The number of urea groups is 1. The Kier molecular flexibility index (Phi) is 7.39. The summed E-state index contributed by atoms with van der Waals surface area (Å²) in [6, 6.07) is 8.02. The van der Waals surface area contributed by atoms with Crippen molar-refractivity contribution in [2.24, 2.45) is 0 Å². The third kappa shape index (κ3) is 6.50. The molecule has 0 saturated carbocycles. The Balaban J connectivity index is 1.54. The summed E-state index contributed by atoms with van der Waals surface area (Å²) in [4.78, 5) is 32.3. The normalized spacial score (nSPS) is 14.5. The summed E-state index contributed by atoms with van der Waals surface area (Å²) >= 11 is 0. The van der Waals surface area contributed by atoms with E-state index in [1.54, 1.807) is 24.0 Å². The number of hydrogen-bond acceptors (Lipinski definition) is 6. The number of amides is 2. The number of nitrogens with zero attached hydrogens (tertiary/aromatic N) is 3. The summed E-state index contributed by atoms with van der Waals surface area (Å²) in [5, 5.41) is 2.68. The summed E-state index contributed by atoms with van der Waals surface area (Å²) in [7, 11) is 0. The molecule has 32 heavy (non-hydrogen) atoms. The number of ether oxygens (including phenoxy) is 2. The van der Waals surface area contributed by atoms with Gasteiger partial charge in [0, 0.05) is 38.1 Å². The Hall–Kier alpha value is -3.50. The lowest BCUT2D eigenvalue weighted by Crippen LogP contribution is -2.38. The molecule has 0 radical (unpaired) electrons. The maximum absolute atomic E-state index is 12.6. The molecule has 1 aliphatic rings. The molecule has 172 valence electrons. The van der Waals surface area contributed by atoms with Gasteiger partial charge in [0.15, 0.2) is 0 Å². The van der Waals surface area contributed by atoms with Gasteiger partial charge in [-0.2, -0.15) is 0 Å². The molecule has 0 bridgehead atoms. The van der Waals surface area contributed by atoms with E-state index in [0.717, 1.165) is 12.1 Å². The summed E-state index contributed by atoms with van der Waals surface area (Å²) < 4.78 is 45.5. The predicted molar refractivity (Wildman–Crippen MR) is 111 cm³/mol. The highest BCUT2D eigenvalue weighted by Crippen LogP contribution is 2.24. The van der Waals surface area contributed by atoms with Crippen LogP contribution in [0, 0.1) is 0 Å². The molecule has 0 unspecified atom stereocenters. The Bertz CT molecular complexity index is 920. The Morgan fingerprint density at radius 2 is 1.81 bits per heavy atom. The molecule has 0 atom stereocenters. The van der Waals surface area contributed by atoms with Crippen LogP contribution in [0.2, 0.25) is 0 Å². The molecule has 2 heterocycles. The third-order valence-electron chi connectivity index (χ3n) is 4.71. The SMILES string of the molecule is CCOC(=O)c1ccc(N2CCCN(C(=O)Nc3ccc(OC(F)(F)F)cc3)CC2)nc1. The average molecular weight is 452 g/mol. The van der Waals surface area contributed by atoms with Gasteiger partial charge in [0.2, 0.25) is 0 Å². The van der Waals surface area contributed by atoms with Gasteiger partial charge in [-0.3, -0.25) is 0 Å². The zero-order valence-electron chi connectivity index (χ0n) is 17.4. The third-order valence-corrected chi connectivity index (χ3v) is 4.71. The van der Waals surface area contributed by atoms with Crippen molar-refractivity contribution in [3.63, 3.8) is 0 Å². The molecule has 8 nitrogen and oxygen atoms in total. The van der Waals surface area contributed by atoms with E-state index >= 15 is 0 Å². The number of halogens is 3. The fraction of sp³-hybridized carbons (Fsp3) is 0.381. The van der Waals surface area contributed by atoms with E-state index in [1.165, 1.54) is 18.3 Å². The van der Waals surface area contributed by atoms with Crippen LogP contribution in [0.25, 0.3) is 0 Å². The average Bonchev–Trinajstić information content (AvgIpc) is 3.01. The zero-order chi connectivity index (χ0) is 23.1. The van der Waals surface area contributed by atoms with Gasteiger partial charge in [0.1, 0.15) is 11.6 Å². The highest BCUT2D eigenvalue weighted by atomic mass is 19.4. The van der Waals surface area contributed by atoms with Gasteiger partial charge in [-0.05, 0) is 49.7 Å². The second-order valence-corrected chi connectivity index (χ2v) is 6.96. The number of benzene rings is 1. The highest BCUT2D eigenvalue weighted by molar-refractivity contribution is 5.90. The largest absolute Gasteiger partial charge is 0.573 e. The van der Waals surface area contributed by atoms with Crippen molar-refractivity contribution in [3.8, 4) is 5.75 Å². The molecule has 1 saturated heterocycles. The zero-order valence-corrected chi connectivity index (χ0v) is 17.4. The van der Waals surface area contributed by atoms with Crippen LogP contribution in [0.4, 0.5) is 29.5 Å². The molecule has 11 heteroatoms. The number of aromatic nitrogens is 1. The van der Waals surface area contributed by atoms with E-state index in [2.05, 4.69) is 15.0 Å². The number of alkyl halides is 3. The Labute approximate surface area is 182 Å². The molecule has 0 aliphatic carbocycles. The van der Waals surface area contributed by atoms with Gasteiger partial charge in [0.05, 0.1) is 12.2 Å². The van der Waals surface area contributed by atoms with Crippen LogP contribution in [0.5, 0.6) is 5.75 Å². The van der Waals surface area contributed by atoms with Gasteiger partial charge >= 0.3 is 18.4 Å². The number of pyridine rings is 1. The van der Waals surface area contributed by atoms with Gasteiger partial charge < -0.3 is 24.6 Å². The van der Waals surface area contributed by atoms with Crippen LogP contribution >= 0.6 is 0 Å². The summed E-state index contributed by atoms with van der Waals surface area (Å²) in [5.41, 5.74) is 0.736. The molecule has 1 aromatic carbocycles. The molecule has 1 fully saturated rings. The Morgan fingerprint density at radius 3 is 2.44 bits per heavy atom. The second-order valence-electron chi connectivity index (χ2n) is 6.96. The molecule has 3 rings (SSSR count). The van der Waals surface area contributed by atoms with Crippen LogP contribution < -0.4 is 15.0 Å². The second kappa shape index (κ2) is 10.2. The van der Waals surface area contributed by atoms with Crippen molar-refractivity contribution in [3.05, 3.63) is 48.2 Å². The lowest BCUT2D eigenvalue weighted by atomic mass is 10.2.